The minimum atomic E-state index is 0.265. The van der Waals surface area contributed by atoms with Crippen LogP contribution in [0.4, 0.5) is 5.69 Å². The summed E-state index contributed by atoms with van der Waals surface area (Å²) in [6.07, 6.45) is 3.21. The highest BCUT2D eigenvalue weighted by atomic mass is 16.2. The summed E-state index contributed by atoms with van der Waals surface area (Å²) in [4.78, 5) is 16.7. The lowest BCUT2D eigenvalue weighted by molar-refractivity contribution is -0.122. The lowest BCUT2D eigenvalue weighted by atomic mass is 10.2. The van der Waals surface area contributed by atoms with E-state index in [1.807, 2.05) is 0 Å². The van der Waals surface area contributed by atoms with Crippen molar-refractivity contribution < 1.29 is 4.79 Å². The van der Waals surface area contributed by atoms with E-state index in [0.29, 0.717) is 12.0 Å². The molecule has 0 bridgehead atoms. The van der Waals surface area contributed by atoms with Gasteiger partial charge < -0.3 is 10.2 Å². The number of hydrogen-bond acceptors (Lipinski definition) is 3. The van der Waals surface area contributed by atoms with Gasteiger partial charge in [0.15, 0.2) is 0 Å². The van der Waals surface area contributed by atoms with Gasteiger partial charge in [-0.15, -0.1) is 0 Å². The fourth-order valence-electron chi connectivity index (χ4n) is 3.02. The zero-order valence-electron chi connectivity index (χ0n) is 13.5. The van der Waals surface area contributed by atoms with Gasteiger partial charge >= 0.3 is 0 Å². The van der Waals surface area contributed by atoms with E-state index in [4.69, 9.17) is 0 Å². The number of carbonyl (C=O) groups is 1. The summed E-state index contributed by atoms with van der Waals surface area (Å²) in [6, 6.07) is 10.9. The van der Waals surface area contributed by atoms with Crippen molar-refractivity contribution in [1.82, 2.24) is 10.2 Å². The molecular weight excluding hydrogens is 274 g/mol. The van der Waals surface area contributed by atoms with Gasteiger partial charge in [0.2, 0.25) is 5.91 Å². The number of benzene rings is 1. The van der Waals surface area contributed by atoms with Crippen LogP contribution >= 0.6 is 0 Å². The van der Waals surface area contributed by atoms with Gasteiger partial charge in [-0.1, -0.05) is 18.2 Å². The lowest BCUT2D eigenvalue weighted by Crippen LogP contribution is -2.47. The number of nitrogens with zero attached hydrogens (tertiary/aromatic N) is 2. The van der Waals surface area contributed by atoms with Crippen LogP contribution in [0.3, 0.4) is 0 Å². The molecule has 1 aromatic rings. The normalized spacial score (nSPS) is 20.7. The highest BCUT2D eigenvalue weighted by molar-refractivity contribution is 5.81. The molecule has 1 aliphatic carbocycles. The number of hydrogen-bond donors (Lipinski definition) is 1. The Morgan fingerprint density at radius 1 is 1.18 bits per heavy atom. The molecule has 1 saturated heterocycles. The van der Waals surface area contributed by atoms with Crippen LogP contribution in [-0.2, 0) is 4.79 Å². The van der Waals surface area contributed by atoms with Crippen LogP contribution in [0.15, 0.2) is 30.3 Å². The van der Waals surface area contributed by atoms with E-state index in [0.717, 1.165) is 52.0 Å². The molecular formula is C18H27N3O. The van der Waals surface area contributed by atoms with Crippen LogP contribution in [0.2, 0.25) is 0 Å². The average molecular weight is 301 g/mol. The fourth-order valence-corrected chi connectivity index (χ4v) is 3.02. The second-order valence-corrected chi connectivity index (χ2v) is 6.64. The molecule has 4 nitrogen and oxygen atoms in total. The Balaban J connectivity index is 1.36. The van der Waals surface area contributed by atoms with Crippen molar-refractivity contribution >= 4 is 11.6 Å². The third-order valence-electron chi connectivity index (χ3n) is 4.71. The summed E-state index contributed by atoms with van der Waals surface area (Å²) >= 11 is 0. The maximum Gasteiger partial charge on any atom is 0.223 e. The van der Waals surface area contributed by atoms with E-state index in [-0.39, 0.29) is 5.91 Å². The topological polar surface area (TPSA) is 35.6 Å². The molecule has 0 unspecified atom stereocenters. The molecule has 0 radical (unpaired) electrons. The smallest absolute Gasteiger partial charge is 0.223 e. The quantitative estimate of drug-likeness (QED) is 0.874. The largest absolute Gasteiger partial charge is 0.369 e. The molecule has 120 valence electrons. The summed E-state index contributed by atoms with van der Waals surface area (Å²) in [7, 11) is 0. The van der Waals surface area contributed by atoms with Crippen LogP contribution in [0.25, 0.3) is 0 Å². The third kappa shape index (κ3) is 4.23. The van der Waals surface area contributed by atoms with Crippen LogP contribution in [0.5, 0.6) is 0 Å². The molecule has 1 aliphatic heterocycles. The first-order valence-corrected chi connectivity index (χ1v) is 8.55. The molecule has 0 aromatic heterocycles. The first kappa shape index (κ1) is 15.3. The van der Waals surface area contributed by atoms with Crippen molar-refractivity contribution in [3.05, 3.63) is 30.3 Å². The Bertz CT molecular complexity index is 478. The summed E-state index contributed by atoms with van der Waals surface area (Å²) in [6.45, 7) is 7.60. The first-order valence-electron chi connectivity index (χ1n) is 8.55. The summed E-state index contributed by atoms with van der Waals surface area (Å²) in [5.74, 6) is 0.582. The van der Waals surface area contributed by atoms with Gasteiger partial charge in [0.05, 0.1) is 0 Å². The molecule has 2 aliphatic rings. The number of nitrogens with one attached hydrogen (secondary N) is 1. The Morgan fingerprint density at radius 2 is 1.86 bits per heavy atom. The molecule has 1 aromatic carbocycles. The van der Waals surface area contributed by atoms with Crippen molar-refractivity contribution in [2.75, 3.05) is 37.6 Å². The predicted molar refractivity (Wildman–Crippen MR) is 90.0 cm³/mol. The molecule has 3 rings (SSSR count). The predicted octanol–water partition coefficient (Wildman–Crippen LogP) is 2.11. The van der Waals surface area contributed by atoms with E-state index in [9.17, 15) is 4.79 Å². The van der Waals surface area contributed by atoms with Gasteiger partial charge in [-0.05, 0) is 38.3 Å². The molecule has 0 spiro atoms. The first-order chi connectivity index (χ1) is 10.7. The Kier molecular flexibility index (Phi) is 4.98. The Hall–Kier alpha value is -1.55. The number of piperazine rings is 1. The van der Waals surface area contributed by atoms with Gasteiger partial charge in [-0.2, -0.15) is 0 Å². The van der Waals surface area contributed by atoms with Crippen molar-refractivity contribution in [3.8, 4) is 0 Å². The van der Waals surface area contributed by atoms with Crippen molar-refractivity contribution in [3.63, 3.8) is 0 Å². The fraction of sp³-hybridized carbons (Fsp3) is 0.611. The van der Waals surface area contributed by atoms with Gasteiger partial charge in [0.1, 0.15) is 0 Å². The zero-order chi connectivity index (χ0) is 15.4. The van der Waals surface area contributed by atoms with Crippen LogP contribution in [-0.4, -0.2) is 49.6 Å². The molecule has 1 heterocycles. The maximum atomic E-state index is 11.7. The standard InChI is InChI=1S/C18H27N3O/c1-15(19-18(22)16-7-8-16)9-10-20-11-13-21(14-12-20)17-5-3-2-4-6-17/h2-6,15-16H,7-14H2,1H3,(H,19,22)/t15-/m1/s1. The molecule has 22 heavy (non-hydrogen) atoms. The van der Waals surface area contributed by atoms with E-state index in [1.165, 1.54) is 5.69 Å². The second kappa shape index (κ2) is 7.14. The molecule has 1 amide bonds. The molecule has 2 fully saturated rings. The number of anilines is 1. The number of para-hydroxylation sites is 1. The third-order valence-corrected chi connectivity index (χ3v) is 4.71. The van der Waals surface area contributed by atoms with Gasteiger partial charge in [-0.25, -0.2) is 0 Å². The zero-order valence-corrected chi connectivity index (χ0v) is 13.5. The van der Waals surface area contributed by atoms with Gasteiger partial charge in [0, 0.05) is 50.4 Å². The maximum absolute atomic E-state index is 11.7. The number of carbonyl (C=O) groups excluding carboxylic acids is 1. The summed E-state index contributed by atoms with van der Waals surface area (Å²) in [5, 5.41) is 3.14. The van der Waals surface area contributed by atoms with Crippen LogP contribution in [0.1, 0.15) is 26.2 Å². The molecule has 1 atom stereocenters. The van der Waals surface area contributed by atoms with Crippen LogP contribution in [0, 0.1) is 5.92 Å². The molecule has 1 N–H and O–H groups in total. The van der Waals surface area contributed by atoms with E-state index in [2.05, 4.69) is 52.4 Å². The average Bonchev–Trinajstić information content (AvgIpc) is 3.39. The monoisotopic (exact) mass is 301 g/mol. The van der Waals surface area contributed by atoms with Crippen molar-refractivity contribution in [2.24, 2.45) is 5.92 Å². The van der Waals surface area contributed by atoms with Gasteiger partial charge in [0.25, 0.3) is 0 Å². The highest BCUT2D eigenvalue weighted by Crippen LogP contribution is 2.28. The minimum Gasteiger partial charge on any atom is -0.369 e. The molecule has 4 heteroatoms. The molecule has 1 saturated carbocycles. The highest BCUT2D eigenvalue weighted by Gasteiger charge is 2.30. The number of amides is 1. The van der Waals surface area contributed by atoms with Crippen molar-refractivity contribution in [2.45, 2.75) is 32.2 Å². The van der Waals surface area contributed by atoms with E-state index in [1.54, 1.807) is 0 Å². The summed E-state index contributed by atoms with van der Waals surface area (Å²) < 4.78 is 0. The van der Waals surface area contributed by atoms with Gasteiger partial charge in [-0.3, -0.25) is 9.69 Å². The van der Waals surface area contributed by atoms with Crippen molar-refractivity contribution in [1.29, 1.82) is 0 Å². The SMILES string of the molecule is C[C@H](CCN1CCN(c2ccccc2)CC1)NC(=O)C1CC1. The second-order valence-electron chi connectivity index (χ2n) is 6.64. The Morgan fingerprint density at radius 3 is 2.50 bits per heavy atom. The lowest BCUT2D eigenvalue weighted by Gasteiger charge is -2.36. The van der Waals surface area contributed by atoms with Crippen LogP contribution < -0.4 is 10.2 Å². The minimum absolute atomic E-state index is 0.265. The summed E-state index contributed by atoms with van der Waals surface area (Å²) in [5.41, 5.74) is 1.33. The number of rotatable bonds is 6. The van der Waals surface area contributed by atoms with E-state index >= 15 is 0 Å². The Labute approximate surface area is 133 Å². The van der Waals surface area contributed by atoms with E-state index < -0.39 is 0 Å².